The number of carbonyl (C=O) groups is 2. The van der Waals surface area contributed by atoms with Gasteiger partial charge in [-0.3, -0.25) is 14.9 Å². The van der Waals surface area contributed by atoms with Crippen molar-refractivity contribution in [1.82, 2.24) is 9.55 Å². The van der Waals surface area contributed by atoms with Gasteiger partial charge in [-0.25, -0.2) is 9.37 Å². The number of amides is 1. The van der Waals surface area contributed by atoms with E-state index < -0.39 is 5.97 Å². The van der Waals surface area contributed by atoms with E-state index in [4.69, 9.17) is 5.11 Å². The molecular weight excluding hydrogens is 345 g/mol. The van der Waals surface area contributed by atoms with Crippen LogP contribution in [0.5, 0.6) is 0 Å². The Morgan fingerprint density at radius 2 is 2.00 bits per heavy atom. The minimum atomic E-state index is -0.976. The van der Waals surface area contributed by atoms with E-state index in [2.05, 4.69) is 10.3 Å². The summed E-state index contributed by atoms with van der Waals surface area (Å²) in [6.45, 7) is 0.429. The number of aliphatic carboxylic acids is 1. The predicted molar refractivity (Wildman–Crippen MR) is 91.3 cm³/mol. The quantitative estimate of drug-likeness (QED) is 0.709. The van der Waals surface area contributed by atoms with Gasteiger partial charge in [-0.1, -0.05) is 12.1 Å². The molecule has 2 heterocycles. The number of carboxylic acid groups (broad SMARTS) is 1. The molecule has 2 aromatic heterocycles. The molecule has 0 bridgehead atoms. The Labute approximate surface area is 146 Å². The molecule has 0 saturated carbocycles. The van der Waals surface area contributed by atoms with Gasteiger partial charge in [0.2, 0.25) is 0 Å². The number of anilines is 1. The highest BCUT2D eigenvalue weighted by Crippen LogP contribution is 2.17. The third kappa shape index (κ3) is 4.30. The summed E-state index contributed by atoms with van der Waals surface area (Å²) in [5.41, 5.74) is 1.69. The Morgan fingerprint density at radius 3 is 2.72 bits per heavy atom. The Morgan fingerprint density at radius 1 is 1.24 bits per heavy atom. The molecule has 25 heavy (non-hydrogen) atoms. The van der Waals surface area contributed by atoms with Gasteiger partial charge in [0.15, 0.2) is 5.13 Å². The maximum atomic E-state index is 13.0. The zero-order valence-corrected chi connectivity index (χ0v) is 13.8. The first kappa shape index (κ1) is 16.8. The molecular formula is C17H14FN3O3S. The first-order valence-corrected chi connectivity index (χ1v) is 8.26. The van der Waals surface area contributed by atoms with Crippen LogP contribution in [-0.2, 0) is 17.8 Å². The lowest BCUT2D eigenvalue weighted by molar-refractivity contribution is -0.136. The molecule has 2 N–H and O–H groups in total. The van der Waals surface area contributed by atoms with Crippen LogP contribution in [-0.4, -0.2) is 26.5 Å². The number of benzene rings is 1. The largest absolute Gasteiger partial charge is 0.481 e. The molecule has 0 spiro atoms. The third-order valence-corrected chi connectivity index (χ3v) is 4.24. The zero-order valence-electron chi connectivity index (χ0n) is 13.0. The van der Waals surface area contributed by atoms with Crippen LogP contribution in [0.15, 0.2) is 48.0 Å². The maximum Gasteiger partial charge on any atom is 0.309 e. The summed E-state index contributed by atoms with van der Waals surface area (Å²) in [5.74, 6) is -1.63. The highest BCUT2D eigenvalue weighted by Gasteiger charge is 2.14. The van der Waals surface area contributed by atoms with Crippen molar-refractivity contribution >= 4 is 28.3 Å². The maximum absolute atomic E-state index is 13.0. The molecule has 6 nitrogen and oxygen atoms in total. The first-order chi connectivity index (χ1) is 12.0. The van der Waals surface area contributed by atoms with Gasteiger partial charge in [0.05, 0.1) is 12.1 Å². The van der Waals surface area contributed by atoms with Crippen LogP contribution in [0.4, 0.5) is 9.52 Å². The molecule has 0 fully saturated rings. The van der Waals surface area contributed by atoms with Crippen molar-refractivity contribution < 1.29 is 19.1 Å². The standard InChI is InChI=1S/C17H14FN3O3S/c18-12-5-3-11(4-6-12)9-21-7-1-2-14(21)16(24)20-17-19-13(10-25-17)8-15(22)23/h1-7,10H,8-9H2,(H,22,23)(H,19,20,24). The number of carboxylic acids is 1. The van der Waals surface area contributed by atoms with Gasteiger partial charge in [0.1, 0.15) is 11.5 Å². The molecule has 3 aromatic rings. The summed E-state index contributed by atoms with van der Waals surface area (Å²) in [7, 11) is 0. The normalized spacial score (nSPS) is 10.6. The van der Waals surface area contributed by atoms with Crippen LogP contribution in [0.1, 0.15) is 21.7 Å². The molecule has 0 aliphatic heterocycles. The van der Waals surface area contributed by atoms with E-state index in [0.717, 1.165) is 5.56 Å². The van der Waals surface area contributed by atoms with E-state index in [1.54, 1.807) is 40.4 Å². The van der Waals surface area contributed by atoms with Crippen LogP contribution >= 0.6 is 11.3 Å². The summed E-state index contributed by atoms with van der Waals surface area (Å²) in [4.78, 5) is 27.2. The molecule has 8 heteroatoms. The molecule has 0 radical (unpaired) electrons. The summed E-state index contributed by atoms with van der Waals surface area (Å²) in [6.07, 6.45) is 1.57. The van der Waals surface area contributed by atoms with Gasteiger partial charge in [0, 0.05) is 18.1 Å². The van der Waals surface area contributed by atoms with Crippen molar-refractivity contribution in [2.24, 2.45) is 0 Å². The highest BCUT2D eigenvalue weighted by molar-refractivity contribution is 7.14. The number of halogens is 1. The second-order valence-corrected chi connectivity index (χ2v) is 6.17. The summed E-state index contributed by atoms with van der Waals surface area (Å²) in [6, 6.07) is 9.49. The molecule has 0 saturated heterocycles. The van der Waals surface area contributed by atoms with Crippen LogP contribution in [0, 0.1) is 5.82 Å². The second-order valence-electron chi connectivity index (χ2n) is 5.32. The number of nitrogens with zero attached hydrogens (tertiary/aromatic N) is 2. The van der Waals surface area contributed by atoms with Crippen LogP contribution in [0.3, 0.4) is 0 Å². The zero-order chi connectivity index (χ0) is 17.8. The van der Waals surface area contributed by atoms with E-state index in [1.165, 1.54) is 23.5 Å². The minimum absolute atomic E-state index is 0.187. The Kier molecular flexibility index (Phi) is 4.90. The van der Waals surface area contributed by atoms with E-state index in [0.29, 0.717) is 23.1 Å². The highest BCUT2D eigenvalue weighted by atomic mass is 32.1. The van der Waals surface area contributed by atoms with E-state index >= 15 is 0 Å². The lowest BCUT2D eigenvalue weighted by Gasteiger charge is -2.09. The summed E-state index contributed by atoms with van der Waals surface area (Å²) >= 11 is 1.17. The van der Waals surface area contributed by atoms with Crippen molar-refractivity contribution in [3.05, 3.63) is 70.7 Å². The molecule has 1 aromatic carbocycles. The van der Waals surface area contributed by atoms with Gasteiger partial charge in [-0.15, -0.1) is 11.3 Å². The van der Waals surface area contributed by atoms with Crippen LogP contribution in [0.2, 0.25) is 0 Å². The Hall–Kier alpha value is -3.00. The molecule has 0 atom stereocenters. The van der Waals surface area contributed by atoms with Gasteiger partial charge in [-0.2, -0.15) is 0 Å². The number of rotatable bonds is 6. The molecule has 128 valence electrons. The van der Waals surface area contributed by atoms with Crippen LogP contribution < -0.4 is 5.32 Å². The first-order valence-electron chi connectivity index (χ1n) is 7.38. The van der Waals surface area contributed by atoms with E-state index in [9.17, 15) is 14.0 Å². The SMILES string of the molecule is O=C(O)Cc1csc(NC(=O)c2cccn2Cc2ccc(F)cc2)n1. The Bertz CT molecular complexity index is 902. The van der Waals surface area contributed by atoms with Crippen molar-refractivity contribution in [1.29, 1.82) is 0 Å². The average molecular weight is 359 g/mol. The molecule has 0 aliphatic rings. The summed E-state index contributed by atoms with van der Waals surface area (Å²) < 4.78 is 14.7. The van der Waals surface area contributed by atoms with Crippen molar-refractivity contribution in [2.45, 2.75) is 13.0 Å². The lowest BCUT2D eigenvalue weighted by Crippen LogP contribution is -2.17. The second kappa shape index (κ2) is 7.27. The molecule has 3 rings (SSSR count). The number of thiazole rings is 1. The topological polar surface area (TPSA) is 84.2 Å². The Balaban J connectivity index is 1.70. The smallest absolute Gasteiger partial charge is 0.309 e. The van der Waals surface area contributed by atoms with Crippen LogP contribution in [0.25, 0.3) is 0 Å². The molecule has 0 unspecified atom stereocenters. The third-order valence-electron chi connectivity index (χ3n) is 3.43. The number of nitrogens with one attached hydrogen (secondary N) is 1. The average Bonchev–Trinajstić information content (AvgIpc) is 3.18. The number of hydrogen-bond acceptors (Lipinski definition) is 4. The number of hydrogen-bond donors (Lipinski definition) is 2. The van der Waals surface area contributed by atoms with Crippen molar-refractivity contribution in [3.8, 4) is 0 Å². The summed E-state index contributed by atoms with van der Waals surface area (Å²) in [5, 5.41) is 13.4. The number of aromatic nitrogens is 2. The van der Waals surface area contributed by atoms with E-state index in [1.807, 2.05) is 0 Å². The fraction of sp³-hybridized carbons (Fsp3) is 0.118. The van der Waals surface area contributed by atoms with Crippen molar-refractivity contribution in [3.63, 3.8) is 0 Å². The minimum Gasteiger partial charge on any atom is -0.481 e. The van der Waals surface area contributed by atoms with Gasteiger partial charge < -0.3 is 9.67 Å². The van der Waals surface area contributed by atoms with Gasteiger partial charge in [-0.05, 0) is 29.8 Å². The van der Waals surface area contributed by atoms with E-state index in [-0.39, 0.29) is 18.1 Å². The fourth-order valence-electron chi connectivity index (χ4n) is 2.31. The van der Waals surface area contributed by atoms with Gasteiger partial charge in [0.25, 0.3) is 5.91 Å². The van der Waals surface area contributed by atoms with Crippen molar-refractivity contribution in [2.75, 3.05) is 5.32 Å². The fourth-order valence-corrected chi connectivity index (χ4v) is 3.01. The molecule has 0 aliphatic carbocycles. The van der Waals surface area contributed by atoms with Gasteiger partial charge >= 0.3 is 5.97 Å². The predicted octanol–water partition coefficient (Wildman–Crippen LogP) is 3.01. The molecule has 1 amide bonds. The lowest BCUT2D eigenvalue weighted by atomic mass is 10.2. The number of carbonyl (C=O) groups excluding carboxylic acids is 1. The monoisotopic (exact) mass is 359 g/mol.